The fourth-order valence-corrected chi connectivity index (χ4v) is 3.90. The van der Waals surface area contributed by atoms with Crippen LogP contribution in [-0.2, 0) is 0 Å². The van der Waals surface area contributed by atoms with Crippen LogP contribution in [0.5, 0.6) is 0 Å². The maximum atomic E-state index is 12.4. The van der Waals surface area contributed by atoms with Crippen molar-refractivity contribution in [2.45, 2.75) is 0 Å². The van der Waals surface area contributed by atoms with E-state index in [1.807, 2.05) is 29.2 Å². The second kappa shape index (κ2) is 6.29. The number of halogens is 2. The van der Waals surface area contributed by atoms with Crippen molar-refractivity contribution in [3.05, 3.63) is 73.1 Å². The average Bonchev–Trinajstić information content (AvgIpc) is 2.98. The van der Waals surface area contributed by atoms with Crippen LogP contribution in [0.1, 0.15) is 14.9 Å². The molecule has 0 saturated carbocycles. The fourth-order valence-electron chi connectivity index (χ4n) is 1.86. The summed E-state index contributed by atoms with van der Waals surface area (Å²) in [7, 11) is 0. The Hall–Kier alpha value is -1.19. The van der Waals surface area contributed by atoms with E-state index in [-0.39, 0.29) is 20.3 Å². The van der Waals surface area contributed by atoms with Crippen molar-refractivity contribution in [2.75, 3.05) is 0 Å². The van der Waals surface area contributed by atoms with E-state index in [1.54, 1.807) is 24.3 Å². The molecule has 0 radical (unpaired) electrons. The number of benzene rings is 2. The molecule has 3 rings (SSSR count). The first-order valence-corrected chi connectivity index (χ1v) is 9.17. The van der Waals surface area contributed by atoms with E-state index in [0.717, 1.165) is 15.7 Å². The number of ketones is 1. The van der Waals surface area contributed by atoms with Crippen molar-refractivity contribution >= 4 is 47.8 Å². The Morgan fingerprint density at radius 3 is 2.38 bits per heavy atom. The Kier molecular flexibility index (Phi) is 4.41. The third kappa shape index (κ3) is 3.35. The van der Waals surface area contributed by atoms with E-state index in [9.17, 15) is 4.79 Å². The van der Waals surface area contributed by atoms with E-state index in [0.29, 0.717) is 15.2 Å². The third-order valence-corrected chi connectivity index (χ3v) is 5.49. The standard InChI is InChI=1S/C16H9BrClNOSe/c17-12-5-1-10(2-6-12)14-9-21-16(19-14)15(20)11-3-7-13(18)8-4-11/h1-9H. The molecule has 0 bridgehead atoms. The van der Waals surface area contributed by atoms with Crippen molar-refractivity contribution in [3.63, 3.8) is 0 Å². The Morgan fingerprint density at radius 1 is 1.05 bits per heavy atom. The molecule has 0 aliphatic carbocycles. The molecule has 0 fully saturated rings. The molecule has 5 heteroatoms. The minimum absolute atomic E-state index is 0.0185. The summed E-state index contributed by atoms with van der Waals surface area (Å²) in [5.74, 6) is -0.0185. The van der Waals surface area contributed by atoms with E-state index < -0.39 is 0 Å². The van der Waals surface area contributed by atoms with E-state index in [2.05, 4.69) is 20.9 Å². The number of hydrogen-bond donors (Lipinski definition) is 0. The summed E-state index contributed by atoms with van der Waals surface area (Å²) in [6.45, 7) is 0. The molecule has 0 aliphatic rings. The Bertz CT molecular complexity index is 781. The topological polar surface area (TPSA) is 30.0 Å². The molecule has 3 aromatic rings. The Morgan fingerprint density at radius 2 is 1.71 bits per heavy atom. The number of hydrogen-bond acceptors (Lipinski definition) is 2. The van der Waals surface area contributed by atoms with Crippen LogP contribution in [0.15, 0.2) is 57.9 Å². The summed E-state index contributed by atoms with van der Waals surface area (Å²) in [6, 6.07) is 14.8. The summed E-state index contributed by atoms with van der Waals surface area (Å²) >= 11 is 9.22. The van der Waals surface area contributed by atoms with Gasteiger partial charge in [-0.1, -0.05) is 0 Å². The van der Waals surface area contributed by atoms with Gasteiger partial charge in [0, 0.05) is 0 Å². The molecule has 104 valence electrons. The monoisotopic (exact) mass is 425 g/mol. The van der Waals surface area contributed by atoms with E-state index >= 15 is 0 Å². The zero-order valence-electron chi connectivity index (χ0n) is 10.7. The van der Waals surface area contributed by atoms with Crippen molar-refractivity contribution in [2.24, 2.45) is 0 Å². The van der Waals surface area contributed by atoms with Crippen molar-refractivity contribution in [3.8, 4) is 11.3 Å². The first kappa shape index (κ1) is 14.7. The molecule has 2 aromatic carbocycles. The molecule has 0 saturated heterocycles. The predicted molar refractivity (Wildman–Crippen MR) is 89.2 cm³/mol. The van der Waals surface area contributed by atoms with Gasteiger partial charge in [0.1, 0.15) is 0 Å². The molecule has 1 heterocycles. The number of rotatable bonds is 3. The van der Waals surface area contributed by atoms with Gasteiger partial charge < -0.3 is 0 Å². The van der Waals surface area contributed by atoms with Gasteiger partial charge in [-0.2, -0.15) is 0 Å². The van der Waals surface area contributed by atoms with Gasteiger partial charge in [-0.05, 0) is 0 Å². The first-order valence-electron chi connectivity index (χ1n) is 6.15. The summed E-state index contributed by atoms with van der Waals surface area (Å²) in [4.78, 5) is 18.9. The maximum absolute atomic E-state index is 12.4. The number of carbonyl (C=O) groups excluding carboxylic acids is 1. The Labute approximate surface area is 141 Å². The van der Waals surface area contributed by atoms with Crippen LogP contribution in [0.3, 0.4) is 0 Å². The normalized spacial score (nSPS) is 10.6. The van der Waals surface area contributed by atoms with Gasteiger partial charge in [-0.25, -0.2) is 0 Å². The second-order valence-electron chi connectivity index (χ2n) is 4.38. The average molecular weight is 426 g/mol. The number of aromatic nitrogens is 1. The van der Waals surface area contributed by atoms with Crippen LogP contribution >= 0.6 is 27.5 Å². The van der Waals surface area contributed by atoms with Gasteiger partial charge >= 0.3 is 142 Å². The van der Waals surface area contributed by atoms with Crippen molar-refractivity contribution < 1.29 is 4.79 Å². The van der Waals surface area contributed by atoms with Gasteiger partial charge in [0.05, 0.1) is 0 Å². The molecule has 0 N–H and O–H groups in total. The van der Waals surface area contributed by atoms with Crippen LogP contribution < -0.4 is 0 Å². The van der Waals surface area contributed by atoms with Gasteiger partial charge in [0.15, 0.2) is 0 Å². The zero-order valence-corrected chi connectivity index (χ0v) is 14.8. The zero-order chi connectivity index (χ0) is 14.8. The quantitative estimate of drug-likeness (QED) is 0.458. The van der Waals surface area contributed by atoms with Crippen LogP contribution in [0.25, 0.3) is 11.3 Å². The molecule has 0 aliphatic heterocycles. The number of nitrogens with zero attached hydrogens (tertiary/aromatic N) is 1. The fraction of sp³-hybridized carbons (Fsp3) is 0. The predicted octanol–water partition coefficient (Wildman–Crippen LogP) is 4.45. The molecule has 21 heavy (non-hydrogen) atoms. The Balaban J connectivity index is 1.89. The van der Waals surface area contributed by atoms with Crippen LogP contribution in [0, 0.1) is 0 Å². The summed E-state index contributed by atoms with van der Waals surface area (Å²) in [5, 5.41) is 0.624. The number of carbonyl (C=O) groups is 1. The van der Waals surface area contributed by atoms with Gasteiger partial charge in [-0.3, -0.25) is 0 Å². The summed E-state index contributed by atoms with van der Waals surface area (Å²) in [6.07, 6.45) is 0. The third-order valence-electron chi connectivity index (χ3n) is 2.94. The second-order valence-corrected chi connectivity index (χ2v) is 7.53. The molecule has 0 atom stereocenters. The molecule has 0 amide bonds. The summed E-state index contributed by atoms with van der Waals surface area (Å²) in [5.41, 5.74) is 2.53. The SMILES string of the molecule is O=C(c1ccc(Cl)cc1)c1nc(-c2ccc(Br)cc2)c[se]1. The van der Waals surface area contributed by atoms with Crippen LogP contribution in [0.2, 0.25) is 5.02 Å². The molecule has 0 unspecified atom stereocenters. The first-order chi connectivity index (χ1) is 10.1. The molecule has 1 aromatic heterocycles. The van der Waals surface area contributed by atoms with Crippen LogP contribution in [-0.4, -0.2) is 25.3 Å². The van der Waals surface area contributed by atoms with E-state index in [1.165, 1.54) is 0 Å². The van der Waals surface area contributed by atoms with Crippen molar-refractivity contribution in [1.82, 2.24) is 4.98 Å². The van der Waals surface area contributed by atoms with Gasteiger partial charge in [-0.15, -0.1) is 0 Å². The minimum atomic E-state index is -0.0286. The van der Waals surface area contributed by atoms with Gasteiger partial charge in [0.25, 0.3) is 0 Å². The van der Waals surface area contributed by atoms with Gasteiger partial charge in [0.2, 0.25) is 0 Å². The van der Waals surface area contributed by atoms with Crippen LogP contribution in [0.4, 0.5) is 0 Å². The van der Waals surface area contributed by atoms with Crippen molar-refractivity contribution in [1.29, 1.82) is 0 Å². The molecular formula is C16H9BrClNOSe. The summed E-state index contributed by atoms with van der Waals surface area (Å²) < 4.78 is 1.65. The molecule has 0 spiro atoms. The molecular weight excluding hydrogens is 416 g/mol. The molecule has 2 nitrogen and oxygen atoms in total. The van der Waals surface area contributed by atoms with E-state index in [4.69, 9.17) is 11.6 Å².